The number of likely N-dealkylation sites (N-methyl/N-ethyl adjacent to an activating group) is 1. The molecule has 0 aromatic heterocycles. The molecule has 0 aliphatic rings. The molecule has 0 saturated carbocycles. The second-order valence-corrected chi connectivity index (χ2v) is 6.88. The molecule has 19 heavy (non-hydrogen) atoms. The smallest absolute Gasteiger partial charge is 0.243 e. The molecule has 1 aromatic carbocycles. The largest absolute Gasteiger partial charge is 0.383 e. The van der Waals surface area contributed by atoms with Crippen LogP contribution in [0.1, 0.15) is 12.5 Å². The van der Waals surface area contributed by atoms with Crippen molar-refractivity contribution in [3.05, 3.63) is 28.8 Å². The SMILES string of the molecule is COCC(C)N(C)S(=O)(=O)c1ccc(Cl)c(CCl)c1. The number of methoxy groups -OCH3 is 1. The Bertz CT molecular complexity index is 534. The van der Waals surface area contributed by atoms with Crippen LogP contribution in [-0.4, -0.2) is 39.5 Å². The average Bonchev–Trinajstić information content (AvgIpc) is 2.38. The summed E-state index contributed by atoms with van der Waals surface area (Å²) in [6.07, 6.45) is 0. The normalized spacial score (nSPS) is 13.8. The van der Waals surface area contributed by atoms with Gasteiger partial charge in [-0.3, -0.25) is 0 Å². The van der Waals surface area contributed by atoms with Crippen molar-refractivity contribution >= 4 is 33.2 Å². The van der Waals surface area contributed by atoms with Gasteiger partial charge in [0.25, 0.3) is 0 Å². The lowest BCUT2D eigenvalue weighted by Crippen LogP contribution is -2.37. The first-order chi connectivity index (χ1) is 8.84. The minimum Gasteiger partial charge on any atom is -0.383 e. The summed E-state index contributed by atoms with van der Waals surface area (Å²) >= 11 is 11.7. The van der Waals surface area contributed by atoms with Gasteiger partial charge in [-0.05, 0) is 30.7 Å². The van der Waals surface area contributed by atoms with Crippen molar-refractivity contribution in [3.63, 3.8) is 0 Å². The topological polar surface area (TPSA) is 46.6 Å². The number of nitrogens with zero attached hydrogens (tertiary/aromatic N) is 1. The van der Waals surface area contributed by atoms with E-state index in [1.54, 1.807) is 13.0 Å². The summed E-state index contributed by atoms with van der Waals surface area (Å²) in [7, 11) is -0.519. The molecule has 0 fully saturated rings. The zero-order chi connectivity index (χ0) is 14.6. The highest BCUT2D eigenvalue weighted by molar-refractivity contribution is 7.89. The van der Waals surface area contributed by atoms with Gasteiger partial charge in [0.15, 0.2) is 0 Å². The van der Waals surface area contributed by atoms with E-state index in [-0.39, 0.29) is 16.8 Å². The fraction of sp³-hybridized carbons (Fsp3) is 0.500. The van der Waals surface area contributed by atoms with E-state index in [9.17, 15) is 8.42 Å². The minimum absolute atomic E-state index is 0.166. The molecule has 4 nitrogen and oxygen atoms in total. The Morgan fingerprint density at radius 3 is 2.58 bits per heavy atom. The number of hydrogen-bond donors (Lipinski definition) is 0. The molecular weight excluding hydrogens is 309 g/mol. The highest BCUT2D eigenvalue weighted by Gasteiger charge is 2.25. The first-order valence-electron chi connectivity index (χ1n) is 5.66. The van der Waals surface area contributed by atoms with E-state index in [0.29, 0.717) is 17.2 Å². The van der Waals surface area contributed by atoms with Crippen LogP contribution in [0.25, 0.3) is 0 Å². The maximum atomic E-state index is 12.4. The van der Waals surface area contributed by atoms with Gasteiger partial charge in [0.2, 0.25) is 10.0 Å². The van der Waals surface area contributed by atoms with Gasteiger partial charge in [-0.15, -0.1) is 11.6 Å². The number of hydrogen-bond acceptors (Lipinski definition) is 3. The van der Waals surface area contributed by atoms with Crippen LogP contribution in [-0.2, 0) is 20.6 Å². The summed E-state index contributed by atoms with van der Waals surface area (Å²) in [4.78, 5) is 0.179. The van der Waals surface area contributed by atoms with Gasteiger partial charge in [-0.25, -0.2) is 8.42 Å². The van der Waals surface area contributed by atoms with Crippen LogP contribution >= 0.6 is 23.2 Å². The maximum Gasteiger partial charge on any atom is 0.243 e. The molecule has 0 bridgehead atoms. The van der Waals surface area contributed by atoms with Crippen LogP contribution in [0.15, 0.2) is 23.1 Å². The molecule has 0 aliphatic heterocycles. The first kappa shape index (κ1) is 16.7. The van der Waals surface area contributed by atoms with E-state index in [4.69, 9.17) is 27.9 Å². The summed E-state index contributed by atoms with van der Waals surface area (Å²) < 4.78 is 31.1. The van der Waals surface area contributed by atoms with Gasteiger partial charge in [-0.2, -0.15) is 4.31 Å². The van der Waals surface area contributed by atoms with E-state index in [2.05, 4.69) is 0 Å². The van der Waals surface area contributed by atoms with Crippen LogP contribution in [0.2, 0.25) is 5.02 Å². The Labute approximate surface area is 124 Å². The van der Waals surface area contributed by atoms with Gasteiger partial charge >= 0.3 is 0 Å². The molecule has 0 aliphatic carbocycles. The lowest BCUT2D eigenvalue weighted by Gasteiger charge is -2.24. The molecule has 108 valence electrons. The Hall–Kier alpha value is -0.330. The van der Waals surface area contributed by atoms with Crippen molar-refractivity contribution in [3.8, 4) is 0 Å². The number of rotatable bonds is 6. The molecule has 1 atom stereocenters. The second-order valence-electron chi connectivity index (χ2n) is 4.21. The predicted octanol–water partition coefficient (Wildman–Crippen LogP) is 2.73. The van der Waals surface area contributed by atoms with Crippen LogP contribution in [0.4, 0.5) is 0 Å². The van der Waals surface area contributed by atoms with Gasteiger partial charge in [0.1, 0.15) is 0 Å². The number of sulfonamides is 1. The third-order valence-corrected chi connectivity index (χ3v) is 5.49. The van der Waals surface area contributed by atoms with Gasteiger partial charge < -0.3 is 4.74 Å². The van der Waals surface area contributed by atoms with Gasteiger partial charge in [0, 0.05) is 31.1 Å². The molecule has 1 rings (SSSR count). The number of benzene rings is 1. The fourth-order valence-corrected chi connectivity index (χ4v) is 3.44. The molecule has 0 radical (unpaired) electrons. The summed E-state index contributed by atoms with van der Waals surface area (Å²) in [6, 6.07) is 4.26. The van der Waals surface area contributed by atoms with Crippen LogP contribution in [0.5, 0.6) is 0 Å². The third kappa shape index (κ3) is 3.83. The molecule has 1 unspecified atom stereocenters. The van der Waals surface area contributed by atoms with Crippen LogP contribution < -0.4 is 0 Å². The molecule has 1 aromatic rings. The number of alkyl halides is 1. The van der Waals surface area contributed by atoms with Crippen molar-refractivity contribution in [2.45, 2.75) is 23.7 Å². The van der Waals surface area contributed by atoms with Crippen LogP contribution in [0, 0.1) is 0 Å². The zero-order valence-corrected chi connectivity index (χ0v) is 13.4. The highest BCUT2D eigenvalue weighted by atomic mass is 35.5. The Kier molecular flexibility index (Phi) is 6.08. The van der Waals surface area contributed by atoms with Crippen molar-refractivity contribution in [2.75, 3.05) is 20.8 Å². The number of ether oxygens (including phenoxy) is 1. The quantitative estimate of drug-likeness (QED) is 0.755. The number of halogens is 2. The molecule has 0 N–H and O–H groups in total. The summed E-state index contributed by atoms with van der Waals surface area (Å²) in [5.74, 6) is 0.166. The molecule has 7 heteroatoms. The van der Waals surface area contributed by atoms with E-state index in [1.807, 2.05) is 0 Å². The first-order valence-corrected chi connectivity index (χ1v) is 8.01. The molecular formula is C12H17Cl2NO3S. The van der Waals surface area contributed by atoms with E-state index in [1.165, 1.54) is 30.6 Å². The fourth-order valence-electron chi connectivity index (χ4n) is 1.56. The van der Waals surface area contributed by atoms with Gasteiger partial charge in [-0.1, -0.05) is 11.6 Å². The Balaban J connectivity index is 3.13. The molecule has 0 saturated heterocycles. The second kappa shape index (κ2) is 6.90. The van der Waals surface area contributed by atoms with Crippen molar-refractivity contribution in [1.29, 1.82) is 0 Å². The van der Waals surface area contributed by atoms with Crippen molar-refractivity contribution in [1.82, 2.24) is 4.31 Å². The van der Waals surface area contributed by atoms with Crippen molar-refractivity contribution < 1.29 is 13.2 Å². The lowest BCUT2D eigenvalue weighted by atomic mass is 10.2. The average molecular weight is 326 g/mol. The lowest BCUT2D eigenvalue weighted by molar-refractivity contribution is 0.149. The zero-order valence-electron chi connectivity index (χ0n) is 11.1. The predicted molar refractivity (Wildman–Crippen MR) is 77.3 cm³/mol. The third-order valence-electron chi connectivity index (χ3n) is 2.87. The standard InChI is InChI=1S/C12H17Cl2NO3S/c1-9(8-18-3)15(2)19(16,17)11-4-5-12(14)10(6-11)7-13/h4-6,9H,7-8H2,1-3H3. The molecule has 0 heterocycles. The molecule has 0 amide bonds. The van der Waals surface area contributed by atoms with Crippen LogP contribution in [0.3, 0.4) is 0 Å². The van der Waals surface area contributed by atoms with Crippen molar-refractivity contribution in [2.24, 2.45) is 0 Å². The monoisotopic (exact) mass is 325 g/mol. The highest BCUT2D eigenvalue weighted by Crippen LogP contribution is 2.24. The van der Waals surface area contributed by atoms with E-state index >= 15 is 0 Å². The summed E-state index contributed by atoms with van der Waals surface area (Å²) in [6.45, 7) is 2.10. The van der Waals surface area contributed by atoms with E-state index < -0.39 is 10.0 Å². The summed E-state index contributed by atoms with van der Waals surface area (Å²) in [5.41, 5.74) is 0.595. The summed E-state index contributed by atoms with van der Waals surface area (Å²) in [5, 5.41) is 0.460. The van der Waals surface area contributed by atoms with Gasteiger partial charge in [0.05, 0.1) is 11.5 Å². The Morgan fingerprint density at radius 2 is 2.05 bits per heavy atom. The Morgan fingerprint density at radius 1 is 1.42 bits per heavy atom. The maximum absolute atomic E-state index is 12.4. The van der Waals surface area contributed by atoms with E-state index in [0.717, 1.165) is 0 Å². The minimum atomic E-state index is -3.57. The molecule has 0 spiro atoms.